The number of hydrogen-bond donors (Lipinski definition) is 2. The van der Waals surface area contributed by atoms with Crippen LogP contribution in [0.15, 0.2) is 23.3 Å². The number of amides is 3. The number of primary amides is 1. The van der Waals surface area contributed by atoms with Gasteiger partial charge in [-0.15, -0.1) is 0 Å². The fourth-order valence-electron chi connectivity index (χ4n) is 3.41. The zero-order chi connectivity index (χ0) is 19.6. The minimum atomic E-state index is -0.565. The van der Waals surface area contributed by atoms with E-state index < -0.39 is 11.8 Å². The Morgan fingerprint density at radius 3 is 2.63 bits per heavy atom. The first kappa shape index (κ1) is 19.2. The van der Waals surface area contributed by atoms with Gasteiger partial charge in [-0.05, 0) is 38.2 Å². The lowest BCUT2D eigenvalue weighted by molar-refractivity contribution is -0.121. The molecule has 0 bridgehead atoms. The van der Waals surface area contributed by atoms with E-state index in [9.17, 15) is 14.4 Å². The number of nitrogens with one attached hydrogen (secondary N) is 1. The van der Waals surface area contributed by atoms with Gasteiger partial charge in [0.25, 0.3) is 11.8 Å². The summed E-state index contributed by atoms with van der Waals surface area (Å²) in [6.45, 7) is 2.48. The molecular weight excluding hydrogens is 370 g/mol. The third-order valence-corrected chi connectivity index (χ3v) is 5.04. The lowest BCUT2D eigenvalue weighted by Gasteiger charge is -2.30. The molecular formula is C19H22ClN3O4. The number of carbonyl (C=O) groups is 3. The van der Waals surface area contributed by atoms with E-state index in [0.29, 0.717) is 52.7 Å². The Labute approximate surface area is 162 Å². The molecule has 0 atom stereocenters. The van der Waals surface area contributed by atoms with Crippen LogP contribution in [0.3, 0.4) is 0 Å². The second-order valence-electron chi connectivity index (χ2n) is 6.62. The molecule has 0 unspecified atom stereocenters. The maximum Gasteiger partial charge on any atom is 0.265 e. The standard InChI is InChI=1S/C19H22ClN3O4/c1-2-7-23-15-9-14(13(20)8-16(15)27-10-17(23)24)22-19(26)12-6-4-3-5-11(12)18(21)25/h8-9H,2-7,10H2,1H3,(H2,21,25)(H,22,26). The van der Waals surface area contributed by atoms with Crippen LogP contribution < -0.4 is 20.7 Å². The van der Waals surface area contributed by atoms with Crippen LogP contribution in [0, 0.1) is 0 Å². The highest BCUT2D eigenvalue weighted by Gasteiger charge is 2.28. The minimum Gasteiger partial charge on any atom is -0.482 e. The fourth-order valence-corrected chi connectivity index (χ4v) is 3.61. The molecule has 144 valence electrons. The van der Waals surface area contributed by atoms with Gasteiger partial charge >= 0.3 is 0 Å². The smallest absolute Gasteiger partial charge is 0.265 e. The molecule has 1 aromatic rings. The van der Waals surface area contributed by atoms with Crippen molar-refractivity contribution in [1.82, 2.24) is 0 Å². The number of nitrogens with two attached hydrogens (primary N) is 1. The number of fused-ring (bicyclic) bond motifs is 1. The summed E-state index contributed by atoms with van der Waals surface area (Å²) < 4.78 is 5.46. The van der Waals surface area contributed by atoms with Gasteiger partial charge in [-0.25, -0.2) is 0 Å². The van der Waals surface area contributed by atoms with Crippen molar-refractivity contribution < 1.29 is 19.1 Å². The van der Waals surface area contributed by atoms with Crippen molar-refractivity contribution in [1.29, 1.82) is 0 Å². The Balaban J connectivity index is 1.92. The molecule has 2 aliphatic rings. The van der Waals surface area contributed by atoms with Crippen LogP contribution in [0.4, 0.5) is 11.4 Å². The highest BCUT2D eigenvalue weighted by molar-refractivity contribution is 6.34. The molecule has 1 aromatic carbocycles. The number of hydrogen-bond acceptors (Lipinski definition) is 4. The van der Waals surface area contributed by atoms with E-state index >= 15 is 0 Å². The predicted octanol–water partition coefficient (Wildman–Crippen LogP) is 2.77. The van der Waals surface area contributed by atoms with Crippen molar-refractivity contribution in [3.8, 4) is 5.75 Å². The molecule has 0 saturated heterocycles. The lowest BCUT2D eigenvalue weighted by Crippen LogP contribution is -2.39. The van der Waals surface area contributed by atoms with Crippen molar-refractivity contribution in [2.75, 3.05) is 23.4 Å². The van der Waals surface area contributed by atoms with Crippen LogP contribution in [0.2, 0.25) is 5.02 Å². The van der Waals surface area contributed by atoms with Crippen molar-refractivity contribution in [3.05, 3.63) is 28.3 Å². The summed E-state index contributed by atoms with van der Waals surface area (Å²) in [4.78, 5) is 38.1. The lowest BCUT2D eigenvalue weighted by atomic mass is 9.90. The molecule has 0 radical (unpaired) electrons. The van der Waals surface area contributed by atoms with E-state index in [1.54, 1.807) is 17.0 Å². The van der Waals surface area contributed by atoms with E-state index in [-0.39, 0.29) is 12.5 Å². The number of carbonyl (C=O) groups excluding carboxylic acids is 3. The number of rotatable bonds is 5. The molecule has 3 rings (SSSR count). The van der Waals surface area contributed by atoms with Gasteiger partial charge in [-0.3, -0.25) is 14.4 Å². The molecule has 0 saturated carbocycles. The second-order valence-corrected chi connectivity index (χ2v) is 7.02. The Hall–Kier alpha value is -2.54. The number of halogens is 1. The normalized spacial score (nSPS) is 16.7. The number of nitrogens with zero attached hydrogens (tertiary/aromatic N) is 1. The summed E-state index contributed by atoms with van der Waals surface area (Å²) in [5, 5.41) is 3.06. The van der Waals surface area contributed by atoms with Crippen LogP contribution in [-0.2, 0) is 14.4 Å². The van der Waals surface area contributed by atoms with Crippen molar-refractivity contribution in [2.24, 2.45) is 5.73 Å². The summed E-state index contributed by atoms with van der Waals surface area (Å²) >= 11 is 6.30. The molecule has 1 aliphatic carbocycles. The first-order chi connectivity index (χ1) is 12.9. The van der Waals surface area contributed by atoms with E-state index in [1.165, 1.54) is 0 Å². The fraction of sp³-hybridized carbons (Fsp3) is 0.421. The zero-order valence-corrected chi connectivity index (χ0v) is 15.9. The molecule has 3 N–H and O–H groups in total. The zero-order valence-electron chi connectivity index (χ0n) is 15.1. The van der Waals surface area contributed by atoms with Crippen LogP contribution in [0.25, 0.3) is 0 Å². The van der Waals surface area contributed by atoms with Crippen molar-refractivity contribution in [2.45, 2.75) is 39.0 Å². The van der Waals surface area contributed by atoms with Gasteiger partial charge in [0.15, 0.2) is 6.61 Å². The number of anilines is 2. The molecule has 1 heterocycles. The molecule has 0 fully saturated rings. The minimum absolute atomic E-state index is 0.0378. The van der Waals surface area contributed by atoms with E-state index in [4.69, 9.17) is 22.1 Å². The third-order valence-electron chi connectivity index (χ3n) is 4.73. The van der Waals surface area contributed by atoms with Gasteiger partial charge in [0, 0.05) is 23.8 Å². The first-order valence-corrected chi connectivity index (χ1v) is 9.40. The summed E-state index contributed by atoms with van der Waals surface area (Å²) in [5.41, 5.74) is 7.12. The Morgan fingerprint density at radius 1 is 1.26 bits per heavy atom. The summed E-state index contributed by atoms with van der Waals surface area (Å²) in [5.74, 6) is -0.601. The monoisotopic (exact) mass is 391 g/mol. The van der Waals surface area contributed by atoms with Gasteiger partial charge in [0.05, 0.1) is 16.4 Å². The van der Waals surface area contributed by atoms with Crippen LogP contribution in [-0.4, -0.2) is 30.9 Å². The largest absolute Gasteiger partial charge is 0.482 e. The number of ether oxygens (including phenoxy) is 1. The molecule has 27 heavy (non-hydrogen) atoms. The van der Waals surface area contributed by atoms with Gasteiger partial charge < -0.3 is 20.7 Å². The third kappa shape index (κ3) is 3.93. The van der Waals surface area contributed by atoms with Gasteiger partial charge in [0.2, 0.25) is 5.91 Å². The van der Waals surface area contributed by atoms with Crippen LogP contribution >= 0.6 is 11.6 Å². The predicted molar refractivity (Wildman–Crippen MR) is 103 cm³/mol. The first-order valence-electron chi connectivity index (χ1n) is 9.02. The Bertz CT molecular complexity index is 834. The van der Waals surface area contributed by atoms with Gasteiger partial charge in [0.1, 0.15) is 5.75 Å². The molecule has 8 heteroatoms. The Morgan fingerprint density at radius 2 is 1.96 bits per heavy atom. The molecule has 7 nitrogen and oxygen atoms in total. The molecule has 1 aliphatic heterocycles. The topological polar surface area (TPSA) is 102 Å². The summed E-state index contributed by atoms with van der Waals surface area (Å²) in [7, 11) is 0. The average Bonchev–Trinajstić information content (AvgIpc) is 2.65. The quantitative estimate of drug-likeness (QED) is 0.805. The SMILES string of the molecule is CCCN1C(=O)COc2cc(Cl)c(NC(=O)C3=C(C(N)=O)CCCC3)cc21. The highest BCUT2D eigenvalue weighted by Crippen LogP contribution is 2.39. The van der Waals surface area contributed by atoms with E-state index in [1.807, 2.05) is 6.92 Å². The average molecular weight is 392 g/mol. The van der Waals surface area contributed by atoms with Crippen LogP contribution in [0.5, 0.6) is 5.75 Å². The summed E-state index contributed by atoms with van der Waals surface area (Å²) in [6.07, 6.45) is 3.44. The van der Waals surface area contributed by atoms with Gasteiger partial charge in [-0.1, -0.05) is 18.5 Å². The summed E-state index contributed by atoms with van der Waals surface area (Å²) in [6, 6.07) is 3.22. The van der Waals surface area contributed by atoms with E-state index in [2.05, 4.69) is 5.32 Å². The second kappa shape index (κ2) is 8.00. The van der Waals surface area contributed by atoms with E-state index in [0.717, 1.165) is 19.3 Å². The maximum absolute atomic E-state index is 12.7. The Kier molecular flexibility index (Phi) is 5.70. The maximum atomic E-state index is 12.7. The highest BCUT2D eigenvalue weighted by atomic mass is 35.5. The van der Waals surface area contributed by atoms with Crippen LogP contribution in [0.1, 0.15) is 39.0 Å². The molecule has 0 spiro atoms. The van der Waals surface area contributed by atoms with Crippen molar-refractivity contribution >= 4 is 40.7 Å². The van der Waals surface area contributed by atoms with Crippen molar-refractivity contribution in [3.63, 3.8) is 0 Å². The molecule has 0 aromatic heterocycles. The number of benzene rings is 1. The van der Waals surface area contributed by atoms with Gasteiger partial charge in [-0.2, -0.15) is 0 Å². The molecule has 3 amide bonds.